The molecule has 0 aromatic heterocycles. The molecule has 3 heteroatoms. The highest BCUT2D eigenvalue weighted by molar-refractivity contribution is 5.17. The highest BCUT2D eigenvalue weighted by Gasteiger charge is 2.29. The topological polar surface area (TPSA) is 21.3 Å². The second kappa shape index (κ2) is 5.61. The molecule has 94 valence electrons. The third-order valence-electron chi connectivity index (χ3n) is 3.09. The summed E-state index contributed by atoms with van der Waals surface area (Å²) in [5, 5.41) is 3.30. The Morgan fingerprint density at radius 1 is 1.41 bits per heavy atom. The number of hydrogen-bond donors (Lipinski definition) is 1. The van der Waals surface area contributed by atoms with Crippen molar-refractivity contribution in [1.82, 2.24) is 5.32 Å². The van der Waals surface area contributed by atoms with E-state index in [1.54, 1.807) is 6.92 Å². The van der Waals surface area contributed by atoms with Crippen LogP contribution in [0.4, 0.5) is 4.39 Å². The lowest BCUT2D eigenvalue weighted by Crippen LogP contribution is -2.45. The zero-order chi connectivity index (χ0) is 12.1. The lowest BCUT2D eigenvalue weighted by Gasteiger charge is -2.30. The van der Waals surface area contributed by atoms with Gasteiger partial charge in [0, 0.05) is 19.0 Å². The van der Waals surface area contributed by atoms with Gasteiger partial charge < -0.3 is 10.1 Å². The van der Waals surface area contributed by atoms with Crippen molar-refractivity contribution >= 4 is 0 Å². The molecular formula is C14H20FNO. The Morgan fingerprint density at radius 2 is 2.18 bits per heavy atom. The van der Waals surface area contributed by atoms with Crippen LogP contribution in [0, 0.1) is 0 Å². The fraction of sp³-hybridized carbons (Fsp3) is 0.571. The summed E-state index contributed by atoms with van der Waals surface area (Å²) in [5.41, 5.74) is -0.131. The van der Waals surface area contributed by atoms with Crippen LogP contribution >= 0.6 is 0 Å². The van der Waals surface area contributed by atoms with Gasteiger partial charge in [0.15, 0.2) is 0 Å². The van der Waals surface area contributed by atoms with Crippen LogP contribution in [0.3, 0.4) is 0 Å². The van der Waals surface area contributed by atoms with Crippen LogP contribution in [0.15, 0.2) is 30.3 Å². The Labute approximate surface area is 102 Å². The molecule has 0 bridgehead atoms. The number of hydrogen-bond acceptors (Lipinski definition) is 2. The predicted octanol–water partition coefficient (Wildman–Crippen LogP) is 2.34. The van der Waals surface area contributed by atoms with Crippen LogP contribution in [-0.4, -0.2) is 31.5 Å². The molecule has 17 heavy (non-hydrogen) atoms. The molecule has 1 heterocycles. The number of morpholine rings is 1. The zero-order valence-corrected chi connectivity index (χ0v) is 10.3. The molecule has 1 N–H and O–H groups in total. The van der Waals surface area contributed by atoms with E-state index < -0.39 is 5.67 Å². The van der Waals surface area contributed by atoms with Crippen LogP contribution < -0.4 is 5.32 Å². The fourth-order valence-electron chi connectivity index (χ4n) is 2.36. The van der Waals surface area contributed by atoms with Crippen molar-refractivity contribution in [3.05, 3.63) is 35.9 Å². The summed E-state index contributed by atoms with van der Waals surface area (Å²) in [6.45, 7) is 3.86. The van der Waals surface area contributed by atoms with E-state index >= 15 is 0 Å². The minimum Gasteiger partial charge on any atom is -0.379 e. The maximum absolute atomic E-state index is 14.5. The molecule has 1 fully saturated rings. The van der Waals surface area contributed by atoms with Gasteiger partial charge in [-0.2, -0.15) is 0 Å². The number of alkyl halides is 1. The summed E-state index contributed by atoms with van der Waals surface area (Å²) in [6, 6.07) is 9.95. The molecule has 0 radical (unpaired) electrons. The molecule has 2 rings (SSSR count). The number of nitrogens with one attached hydrogen (secondary N) is 1. The predicted molar refractivity (Wildman–Crippen MR) is 66.9 cm³/mol. The van der Waals surface area contributed by atoms with E-state index in [1.165, 1.54) is 0 Å². The van der Waals surface area contributed by atoms with Gasteiger partial charge in [-0.15, -0.1) is 0 Å². The van der Waals surface area contributed by atoms with Crippen molar-refractivity contribution in [2.24, 2.45) is 0 Å². The van der Waals surface area contributed by atoms with Crippen molar-refractivity contribution in [3.8, 4) is 0 Å². The molecule has 2 nitrogen and oxygen atoms in total. The maximum Gasteiger partial charge on any atom is 0.113 e. The van der Waals surface area contributed by atoms with Crippen molar-refractivity contribution in [2.45, 2.75) is 31.5 Å². The summed E-state index contributed by atoms with van der Waals surface area (Å²) in [6.07, 6.45) is 0.966. The smallest absolute Gasteiger partial charge is 0.113 e. The fourth-order valence-corrected chi connectivity index (χ4v) is 2.36. The third-order valence-corrected chi connectivity index (χ3v) is 3.09. The van der Waals surface area contributed by atoms with Gasteiger partial charge in [0.05, 0.1) is 13.2 Å². The van der Waals surface area contributed by atoms with Crippen LogP contribution in [0.5, 0.6) is 0 Å². The average molecular weight is 237 g/mol. The van der Waals surface area contributed by atoms with Gasteiger partial charge in [-0.05, 0) is 18.9 Å². The van der Waals surface area contributed by atoms with Crippen LogP contribution in [0.2, 0.25) is 0 Å². The SMILES string of the molecule is CC(F)(Cc1ccccc1)CC1COCCN1. The summed E-state index contributed by atoms with van der Waals surface area (Å²) < 4.78 is 19.8. The molecule has 0 saturated carbocycles. The van der Waals surface area contributed by atoms with Crippen molar-refractivity contribution in [3.63, 3.8) is 0 Å². The highest BCUT2D eigenvalue weighted by atomic mass is 19.1. The Balaban J connectivity index is 1.89. The standard InChI is InChI=1S/C14H20FNO/c1-14(15,9-12-5-3-2-4-6-12)10-13-11-17-8-7-16-13/h2-6,13,16H,7-11H2,1H3. The molecule has 1 saturated heterocycles. The molecular weight excluding hydrogens is 217 g/mol. The van der Waals surface area contributed by atoms with Gasteiger partial charge in [-0.25, -0.2) is 4.39 Å². The van der Waals surface area contributed by atoms with Gasteiger partial charge in [0.1, 0.15) is 5.67 Å². The summed E-state index contributed by atoms with van der Waals surface area (Å²) >= 11 is 0. The van der Waals surface area contributed by atoms with Crippen molar-refractivity contribution < 1.29 is 9.13 Å². The third kappa shape index (κ3) is 4.10. The van der Waals surface area contributed by atoms with Crippen LogP contribution in [0.25, 0.3) is 0 Å². The Hall–Kier alpha value is -0.930. The zero-order valence-electron chi connectivity index (χ0n) is 10.3. The second-order valence-corrected chi connectivity index (χ2v) is 5.01. The first-order valence-corrected chi connectivity index (χ1v) is 6.20. The van der Waals surface area contributed by atoms with E-state index in [9.17, 15) is 4.39 Å². The molecule has 0 amide bonds. The van der Waals surface area contributed by atoms with E-state index in [2.05, 4.69) is 5.32 Å². The molecule has 0 aliphatic carbocycles. The number of halogens is 1. The quantitative estimate of drug-likeness (QED) is 0.868. The van der Waals surface area contributed by atoms with Gasteiger partial charge in [-0.1, -0.05) is 30.3 Å². The molecule has 2 unspecified atom stereocenters. The minimum atomic E-state index is -1.18. The lowest BCUT2D eigenvalue weighted by molar-refractivity contribution is 0.0483. The van der Waals surface area contributed by atoms with Gasteiger partial charge in [0.2, 0.25) is 0 Å². The Kier molecular flexibility index (Phi) is 4.13. The van der Waals surface area contributed by atoms with Crippen LogP contribution in [0.1, 0.15) is 18.9 Å². The Morgan fingerprint density at radius 3 is 2.82 bits per heavy atom. The van der Waals surface area contributed by atoms with E-state index in [4.69, 9.17) is 4.74 Å². The lowest BCUT2D eigenvalue weighted by atomic mass is 9.91. The minimum absolute atomic E-state index is 0.141. The second-order valence-electron chi connectivity index (χ2n) is 5.01. The number of benzene rings is 1. The number of rotatable bonds is 4. The maximum atomic E-state index is 14.5. The molecule has 0 spiro atoms. The summed E-state index contributed by atoms with van der Waals surface area (Å²) in [7, 11) is 0. The van der Waals surface area contributed by atoms with Gasteiger partial charge >= 0.3 is 0 Å². The molecule has 2 atom stereocenters. The largest absolute Gasteiger partial charge is 0.379 e. The Bertz CT molecular complexity index is 333. The van der Waals surface area contributed by atoms with Gasteiger partial charge in [-0.3, -0.25) is 0 Å². The van der Waals surface area contributed by atoms with Crippen molar-refractivity contribution in [1.29, 1.82) is 0 Å². The average Bonchev–Trinajstić information content (AvgIpc) is 2.30. The van der Waals surface area contributed by atoms with E-state index in [1.807, 2.05) is 30.3 Å². The van der Waals surface area contributed by atoms with E-state index in [0.29, 0.717) is 19.4 Å². The van der Waals surface area contributed by atoms with Gasteiger partial charge in [0.25, 0.3) is 0 Å². The first kappa shape index (κ1) is 12.5. The monoisotopic (exact) mass is 237 g/mol. The molecule has 1 aromatic rings. The molecule has 1 aromatic carbocycles. The van der Waals surface area contributed by atoms with E-state index in [-0.39, 0.29) is 6.04 Å². The first-order valence-electron chi connectivity index (χ1n) is 6.20. The molecule has 1 aliphatic rings. The number of ether oxygens (including phenoxy) is 1. The highest BCUT2D eigenvalue weighted by Crippen LogP contribution is 2.24. The first-order chi connectivity index (χ1) is 8.16. The summed E-state index contributed by atoms with van der Waals surface area (Å²) in [4.78, 5) is 0. The van der Waals surface area contributed by atoms with Crippen molar-refractivity contribution in [2.75, 3.05) is 19.8 Å². The normalized spacial score (nSPS) is 24.2. The van der Waals surface area contributed by atoms with Crippen LogP contribution in [-0.2, 0) is 11.2 Å². The summed E-state index contributed by atoms with van der Waals surface area (Å²) in [5.74, 6) is 0. The molecule has 1 aliphatic heterocycles. The van der Waals surface area contributed by atoms with E-state index in [0.717, 1.165) is 18.7 Å².